The molecule has 1 saturated carbocycles. The number of halogens is 1. The van der Waals surface area contributed by atoms with Crippen molar-refractivity contribution in [1.29, 1.82) is 0 Å². The molecule has 1 atom stereocenters. The Morgan fingerprint density at radius 2 is 1.76 bits per heavy atom. The molecule has 3 rings (SSSR count). The predicted octanol–water partition coefficient (Wildman–Crippen LogP) is 3.95. The summed E-state index contributed by atoms with van der Waals surface area (Å²) in [5, 5.41) is 3.54. The number of para-hydroxylation sites is 1. The molecule has 1 aliphatic carbocycles. The Balaban J connectivity index is 1.51. The first-order chi connectivity index (χ1) is 10.3. The highest BCUT2D eigenvalue weighted by molar-refractivity contribution is 5.22. The molecule has 1 aliphatic rings. The van der Waals surface area contributed by atoms with Gasteiger partial charge in [-0.3, -0.25) is 0 Å². The average molecular weight is 285 g/mol. The zero-order valence-electron chi connectivity index (χ0n) is 12.0. The SMILES string of the molecule is Fc1ccc(C(NCCOc2ccccc2)C2CC2)cc1. The van der Waals surface area contributed by atoms with Crippen molar-refractivity contribution in [1.82, 2.24) is 5.32 Å². The largest absolute Gasteiger partial charge is 0.492 e. The number of rotatable bonds is 7. The van der Waals surface area contributed by atoms with Gasteiger partial charge in [-0.15, -0.1) is 0 Å². The van der Waals surface area contributed by atoms with Gasteiger partial charge >= 0.3 is 0 Å². The number of hydrogen-bond donors (Lipinski definition) is 1. The van der Waals surface area contributed by atoms with Crippen molar-refractivity contribution in [3.8, 4) is 5.75 Å². The Hall–Kier alpha value is -1.87. The molecular formula is C18H20FNO. The van der Waals surface area contributed by atoms with Gasteiger partial charge in [-0.1, -0.05) is 30.3 Å². The van der Waals surface area contributed by atoms with Crippen molar-refractivity contribution >= 4 is 0 Å². The van der Waals surface area contributed by atoms with Crippen LogP contribution >= 0.6 is 0 Å². The van der Waals surface area contributed by atoms with E-state index in [1.807, 2.05) is 42.5 Å². The van der Waals surface area contributed by atoms with Gasteiger partial charge in [0.25, 0.3) is 0 Å². The molecule has 21 heavy (non-hydrogen) atoms. The molecule has 3 heteroatoms. The smallest absolute Gasteiger partial charge is 0.123 e. The molecule has 1 unspecified atom stereocenters. The maximum atomic E-state index is 13.0. The lowest BCUT2D eigenvalue weighted by Crippen LogP contribution is -2.27. The molecule has 2 aromatic carbocycles. The molecule has 0 radical (unpaired) electrons. The number of benzene rings is 2. The zero-order valence-corrected chi connectivity index (χ0v) is 12.0. The van der Waals surface area contributed by atoms with E-state index in [1.165, 1.54) is 30.5 Å². The fourth-order valence-corrected chi connectivity index (χ4v) is 2.56. The van der Waals surface area contributed by atoms with Gasteiger partial charge in [-0.25, -0.2) is 4.39 Å². The fraction of sp³-hybridized carbons (Fsp3) is 0.333. The first-order valence-corrected chi connectivity index (χ1v) is 7.49. The highest BCUT2D eigenvalue weighted by atomic mass is 19.1. The van der Waals surface area contributed by atoms with Crippen LogP contribution in [0.3, 0.4) is 0 Å². The minimum absolute atomic E-state index is 0.180. The maximum Gasteiger partial charge on any atom is 0.123 e. The van der Waals surface area contributed by atoms with Crippen molar-refractivity contribution < 1.29 is 9.13 Å². The molecule has 0 spiro atoms. The summed E-state index contributed by atoms with van der Waals surface area (Å²) in [5.74, 6) is 1.39. The minimum atomic E-state index is -0.180. The van der Waals surface area contributed by atoms with E-state index >= 15 is 0 Å². The molecule has 0 saturated heterocycles. The highest BCUT2D eigenvalue weighted by Crippen LogP contribution is 2.40. The first kappa shape index (κ1) is 14.1. The predicted molar refractivity (Wildman–Crippen MR) is 81.8 cm³/mol. The number of hydrogen-bond acceptors (Lipinski definition) is 2. The first-order valence-electron chi connectivity index (χ1n) is 7.49. The third-order valence-electron chi connectivity index (χ3n) is 3.80. The van der Waals surface area contributed by atoms with E-state index in [9.17, 15) is 4.39 Å². The van der Waals surface area contributed by atoms with E-state index in [1.54, 1.807) is 0 Å². The van der Waals surface area contributed by atoms with E-state index < -0.39 is 0 Å². The maximum absolute atomic E-state index is 13.0. The van der Waals surface area contributed by atoms with Gasteiger partial charge in [-0.2, -0.15) is 0 Å². The van der Waals surface area contributed by atoms with Crippen LogP contribution in [0.15, 0.2) is 54.6 Å². The number of nitrogens with one attached hydrogen (secondary N) is 1. The molecule has 1 N–H and O–H groups in total. The summed E-state index contributed by atoms with van der Waals surface area (Å²) in [6, 6.07) is 17.0. The summed E-state index contributed by atoms with van der Waals surface area (Å²) >= 11 is 0. The van der Waals surface area contributed by atoms with Crippen LogP contribution in [0.2, 0.25) is 0 Å². The molecule has 0 aliphatic heterocycles. The lowest BCUT2D eigenvalue weighted by molar-refractivity contribution is 0.301. The van der Waals surface area contributed by atoms with Crippen LogP contribution < -0.4 is 10.1 Å². The summed E-state index contributed by atoms with van der Waals surface area (Å²) in [5.41, 5.74) is 1.17. The number of ether oxygens (including phenoxy) is 1. The van der Waals surface area contributed by atoms with Crippen molar-refractivity contribution in [2.45, 2.75) is 18.9 Å². The van der Waals surface area contributed by atoms with Crippen LogP contribution in [0.25, 0.3) is 0 Å². The second-order valence-electron chi connectivity index (χ2n) is 5.48. The standard InChI is InChI=1S/C18H20FNO/c19-16-10-8-15(9-11-16)18(14-6-7-14)20-12-13-21-17-4-2-1-3-5-17/h1-5,8-11,14,18,20H,6-7,12-13H2. The second-order valence-corrected chi connectivity index (χ2v) is 5.48. The Morgan fingerprint density at radius 3 is 2.43 bits per heavy atom. The normalized spacial score (nSPS) is 15.7. The molecule has 0 bridgehead atoms. The van der Waals surface area contributed by atoms with Crippen molar-refractivity contribution in [3.63, 3.8) is 0 Å². The molecule has 2 aromatic rings. The van der Waals surface area contributed by atoms with Crippen molar-refractivity contribution in [3.05, 3.63) is 66.0 Å². The molecule has 2 nitrogen and oxygen atoms in total. The van der Waals surface area contributed by atoms with Gasteiger partial charge in [0.05, 0.1) is 0 Å². The summed E-state index contributed by atoms with van der Waals surface area (Å²) in [6.07, 6.45) is 2.49. The highest BCUT2D eigenvalue weighted by Gasteiger charge is 2.31. The summed E-state index contributed by atoms with van der Waals surface area (Å²) < 4.78 is 18.7. The van der Waals surface area contributed by atoms with E-state index in [0.29, 0.717) is 18.6 Å². The quantitative estimate of drug-likeness (QED) is 0.778. The van der Waals surface area contributed by atoms with Gasteiger partial charge in [0.15, 0.2) is 0 Å². The van der Waals surface area contributed by atoms with Crippen LogP contribution in [-0.2, 0) is 0 Å². The minimum Gasteiger partial charge on any atom is -0.492 e. The summed E-state index contributed by atoms with van der Waals surface area (Å²) in [6.45, 7) is 1.42. The van der Waals surface area contributed by atoms with E-state index in [2.05, 4.69) is 5.32 Å². The molecule has 0 amide bonds. The molecular weight excluding hydrogens is 265 g/mol. The Bertz CT molecular complexity index is 551. The van der Waals surface area contributed by atoms with E-state index in [4.69, 9.17) is 4.74 Å². The van der Waals surface area contributed by atoms with Gasteiger partial charge in [0, 0.05) is 12.6 Å². The fourth-order valence-electron chi connectivity index (χ4n) is 2.56. The third-order valence-corrected chi connectivity index (χ3v) is 3.80. The van der Waals surface area contributed by atoms with Crippen LogP contribution in [0.4, 0.5) is 4.39 Å². The third kappa shape index (κ3) is 4.05. The van der Waals surface area contributed by atoms with Gasteiger partial charge in [-0.05, 0) is 48.6 Å². The van der Waals surface area contributed by atoms with Crippen LogP contribution in [0.5, 0.6) is 5.75 Å². The summed E-state index contributed by atoms with van der Waals surface area (Å²) in [7, 11) is 0. The van der Waals surface area contributed by atoms with E-state index in [-0.39, 0.29) is 5.82 Å². The zero-order chi connectivity index (χ0) is 14.5. The van der Waals surface area contributed by atoms with Gasteiger partial charge in [0.2, 0.25) is 0 Å². The van der Waals surface area contributed by atoms with Crippen molar-refractivity contribution in [2.24, 2.45) is 5.92 Å². The monoisotopic (exact) mass is 285 g/mol. The second kappa shape index (κ2) is 6.72. The molecule has 0 heterocycles. The lowest BCUT2D eigenvalue weighted by atomic mass is 10.0. The average Bonchev–Trinajstić information content (AvgIpc) is 3.34. The Labute approximate surface area is 125 Å². The van der Waals surface area contributed by atoms with E-state index in [0.717, 1.165) is 12.3 Å². The van der Waals surface area contributed by atoms with Crippen LogP contribution in [0, 0.1) is 11.7 Å². The molecule has 0 aromatic heterocycles. The van der Waals surface area contributed by atoms with Crippen LogP contribution in [-0.4, -0.2) is 13.2 Å². The topological polar surface area (TPSA) is 21.3 Å². The van der Waals surface area contributed by atoms with Crippen molar-refractivity contribution in [2.75, 3.05) is 13.2 Å². The Kier molecular flexibility index (Phi) is 4.51. The van der Waals surface area contributed by atoms with Gasteiger partial charge in [0.1, 0.15) is 18.2 Å². The molecule has 110 valence electrons. The Morgan fingerprint density at radius 1 is 1.05 bits per heavy atom. The summed E-state index contributed by atoms with van der Waals surface area (Å²) in [4.78, 5) is 0. The molecule has 1 fully saturated rings. The van der Waals surface area contributed by atoms with Gasteiger partial charge < -0.3 is 10.1 Å². The van der Waals surface area contributed by atoms with Crippen LogP contribution in [0.1, 0.15) is 24.4 Å². The lowest BCUT2D eigenvalue weighted by Gasteiger charge is -2.19.